The van der Waals surface area contributed by atoms with Crippen molar-refractivity contribution >= 4 is 0 Å². The van der Waals surface area contributed by atoms with E-state index < -0.39 is 31.1 Å². The largest absolute Gasteiger partial charge is 0.411 e. The van der Waals surface area contributed by atoms with E-state index in [1.165, 1.54) is 0 Å². The third-order valence-electron chi connectivity index (χ3n) is 1.17. The smallest absolute Gasteiger partial charge is 0.365 e. The lowest BCUT2D eigenvalue weighted by atomic mass is 10.3. The summed E-state index contributed by atoms with van der Waals surface area (Å²) in [6, 6.07) is 0. The molecule has 0 amide bonds. The van der Waals surface area contributed by atoms with Crippen LogP contribution in [0.1, 0.15) is 6.92 Å². The lowest BCUT2D eigenvalue weighted by molar-refractivity contribution is -0.205. The minimum absolute atomic E-state index is 0.524. The summed E-state index contributed by atoms with van der Waals surface area (Å²) in [5, 5.41) is 8.70. The normalized spacial score (nSPS) is 16.1. The molecule has 0 aromatic heterocycles. The van der Waals surface area contributed by atoms with Crippen molar-refractivity contribution in [2.45, 2.75) is 25.8 Å². The Kier molecular flexibility index (Phi) is 5.00. The van der Waals surface area contributed by atoms with Gasteiger partial charge >= 0.3 is 6.18 Å². The third-order valence-corrected chi connectivity index (χ3v) is 1.17. The van der Waals surface area contributed by atoms with Crippen LogP contribution in [-0.4, -0.2) is 30.6 Å². The van der Waals surface area contributed by atoms with Gasteiger partial charge in [0.15, 0.2) is 6.29 Å². The van der Waals surface area contributed by atoms with E-state index in [1.807, 2.05) is 0 Å². The van der Waals surface area contributed by atoms with E-state index in [1.54, 1.807) is 0 Å². The van der Waals surface area contributed by atoms with Crippen molar-refractivity contribution in [1.29, 1.82) is 0 Å². The molecule has 1 atom stereocenters. The number of aliphatic hydroxyl groups is 1. The first-order valence-electron chi connectivity index (χ1n) is 3.55. The molecule has 0 spiro atoms. The molecule has 0 aliphatic heterocycles. The van der Waals surface area contributed by atoms with E-state index in [2.05, 4.69) is 4.74 Å². The zero-order chi connectivity index (χ0) is 11.4. The van der Waals surface area contributed by atoms with Gasteiger partial charge in [0.25, 0.3) is 6.43 Å². The second-order valence-electron chi connectivity index (χ2n) is 2.53. The van der Waals surface area contributed by atoms with E-state index in [-0.39, 0.29) is 0 Å². The molecule has 0 aromatic rings. The van der Waals surface area contributed by atoms with Crippen LogP contribution in [0.2, 0.25) is 0 Å². The Morgan fingerprint density at radius 3 is 2.29 bits per heavy atom. The number of hydrogen-bond acceptors (Lipinski definition) is 2. The molecule has 2 nitrogen and oxygen atoms in total. The zero-order valence-corrected chi connectivity index (χ0v) is 7.18. The lowest BCUT2D eigenvalue weighted by Crippen LogP contribution is -2.22. The molecule has 0 radical (unpaired) electrons. The second-order valence-corrected chi connectivity index (χ2v) is 2.53. The number of aliphatic hydroxyl groups excluding tert-OH is 1. The number of halogens is 5. The minimum atomic E-state index is -4.59. The van der Waals surface area contributed by atoms with Crippen molar-refractivity contribution in [2.24, 2.45) is 0 Å². The van der Waals surface area contributed by atoms with Gasteiger partial charge in [-0.05, 0) is 18.6 Å². The van der Waals surface area contributed by atoms with Crippen molar-refractivity contribution in [3.05, 3.63) is 11.6 Å². The van der Waals surface area contributed by atoms with E-state index in [0.717, 1.165) is 6.92 Å². The molecule has 1 N–H and O–H groups in total. The van der Waals surface area contributed by atoms with Gasteiger partial charge in [-0.2, -0.15) is 13.2 Å². The molecule has 0 rings (SSSR count). The van der Waals surface area contributed by atoms with Gasteiger partial charge in [-0.1, -0.05) is 0 Å². The van der Waals surface area contributed by atoms with E-state index >= 15 is 0 Å². The van der Waals surface area contributed by atoms with Crippen molar-refractivity contribution in [2.75, 3.05) is 6.61 Å². The van der Waals surface area contributed by atoms with E-state index in [0.29, 0.717) is 6.08 Å². The molecule has 0 saturated carbocycles. The Labute approximate surface area is 77.0 Å². The van der Waals surface area contributed by atoms with Crippen LogP contribution in [0.3, 0.4) is 0 Å². The van der Waals surface area contributed by atoms with Crippen LogP contribution in [0.15, 0.2) is 11.6 Å². The summed E-state index contributed by atoms with van der Waals surface area (Å²) < 4.78 is 62.0. The van der Waals surface area contributed by atoms with Crippen LogP contribution >= 0.6 is 0 Å². The fourth-order valence-corrected chi connectivity index (χ4v) is 0.526. The van der Waals surface area contributed by atoms with Gasteiger partial charge in [0.05, 0.1) is 0 Å². The van der Waals surface area contributed by atoms with Gasteiger partial charge < -0.3 is 9.84 Å². The van der Waals surface area contributed by atoms with Crippen LogP contribution in [-0.2, 0) is 4.74 Å². The zero-order valence-electron chi connectivity index (χ0n) is 7.18. The molecule has 14 heavy (non-hydrogen) atoms. The minimum Gasteiger partial charge on any atom is -0.365 e. The molecule has 0 aromatic carbocycles. The van der Waals surface area contributed by atoms with E-state index in [9.17, 15) is 22.0 Å². The molecule has 7 heteroatoms. The second kappa shape index (κ2) is 5.26. The Hall–Kier alpha value is -0.690. The van der Waals surface area contributed by atoms with Crippen LogP contribution in [0.5, 0.6) is 0 Å². The molecule has 0 heterocycles. The van der Waals surface area contributed by atoms with Crippen molar-refractivity contribution in [1.82, 2.24) is 0 Å². The number of alkyl halides is 5. The van der Waals surface area contributed by atoms with Gasteiger partial charge in [0.1, 0.15) is 6.61 Å². The topological polar surface area (TPSA) is 29.5 Å². The fourth-order valence-electron chi connectivity index (χ4n) is 0.526. The van der Waals surface area contributed by atoms with Crippen LogP contribution < -0.4 is 0 Å². The fraction of sp³-hybridized carbons (Fsp3) is 0.714. The first kappa shape index (κ1) is 13.3. The van der Waals surface area contributed by atoms with Gasteiger partial charge in [-0.25, -0.2) is 8.78 Å². The predicted molar refractivity (Wildman–Crippen MR) is 37.8 cm³/mol. The summed E-state index contributed by atoms with van der Waals surface area (Å²) in [4.78, 5) is 0. The first-order chi connectivity index (χ1) is 6.22. The molecular formula is C7H9F5O2. The van der Waals surface area contributed by atoms with Gasteiger partial charge in [0.2, 0.25) is 0 Å². The summed E-state index contributed by atoms with van der Waals surface area (Å²) in [5.41, 5.74) is -0.542. The molecule has 0 fully saturated rings. The van der Waals surface area contributed by atoms with Crippen molar-refractivity contribution in [3.63, 3.8) is 0 Å². The highest BCUT2D eigenvalue weighted by Gasteiger charge is 2.28. The number of allylic oxidation sites excluding steroid dienone is 1. The summed E-state index contributed by atoms with van der Waals surface area (Å²) in [5.74, 6) is 0. The van der Waals surface area contributed by atoms with E-state index in [4.69, 9.17) is 5.11 Å². The summed E-state index contributed by atoms with van der Waals surface area (Å²) >= 11 is 0. The highest BCUT2D eigenvalue weighted by Crippen LogP contribution is 2.16. The van der Waals surface area contributed by atoms with Crippen LogP contribution in [0, 0.1) is 0 Å². The maximum absolute atomic E-state index is 11.8. The maximum Gasteiger partial charge on any atom is 0.411 e. The van der Waals surface area contributed by atoms with Crippen molar-refractivity contribution < 1.29 is 31.8 Å². The molecule has 0 bridgehead atoms. The van der Waals surface area contributed by atoms with Crippen LogP contribution in [0.25, 0.3) is 0 Å². The summed E-state index contributed by atoms with van der Waals surface area (Å²) in [7, 11) is 0. The van der Waals surface area contributed by atoms with Crippen molar-refractivity contribution in [3.8, 4) is 0 Å². The number of rotatable bonds is 4. The Bertz CT molecular complexity index is 199. The van der Waals surface area contributed by atoms with Gasteiger partial charge in [-0.15, -0.1) is 0 Å². The number of ether oxygens (including phenoxy) is 1. The first-order valence-corrected chi connectivity index (χ1v) is 3.55. The van der Waals surface area contributed by atoms with Crippen LogP contribution in [0.4, 0.5) is 22.0 Å². The Morgan fingerprint density at radius 1 is 1.43 bits per heavy atom. The highest BCUT2D eigenvalue weighted by molar-refractivity contribution is 5.02. The van der Waals surface area contributed by atoms with Gasteiger partial charge in [0, 0.05) is 0 Å². The predicted octanol–water partition coefficient (Wildman–Crippen LogP) is 2.10. The summed E-state index contributed by atoms with van der Waals surface area (Å²) in [6.07, 6.45) is -8.85. The molecule has 0 saturated heterocycles. The monoisotopic (exact) mass is 220 g/mol. The average molecular weight is 220 g/mol. The summed E-state index contributed by atoms with van der Waals surface area (Å²) in [6.45, 7) is -0.702. The Morgan fingerprint density at radius 2 is 1.93 bits per heavy atom. The molecule has 1 unspecified atom stereocenters. The molecular weight excluding hydrogens is 211 g/mol. The molecule has 0 aliphatic carbocycles. The standard InChI is InChI=1S/C7H9F5O2/c1-4(6(8)9)2-5(13)14-3-7(10,11)12/h2,5-6,13H,3H2,1H3/b4-2+. The average Bonchev–Trinajstić information content (AvgIpc) is 1.99. The third kappa shape index (κ3) is 6.79. The Balaban J connectivity index is 3.98. The molecule has 84 valence electrons. The van der Waals surface area contributed by atoms with Gasteiger partial charge in [-0.3, -0.25) is 0 Å². The molecule has 0 aliphatic rings. The SMILES string of the molecule is C/C(=C\C(O)OCC(F)(F)F)C(F)F. The quantitative estimate of drug-likeness (QED) is 0.446. The number of hydrogen-bond donors (Lipinski definition) is 1. The highest BCUT2D eigenvalue weighted by atomic mass is 19.4. The maximum atomic E-state index is 11.8. The lowest BCUT2D eigenvalue weighted by Gasteiger charge is -2.11.